The smallest absolute Gasteiger partial charge is 0.274 e. The zero-order chi connectivity index (χ0) is 22.8. The first-order valence-corrected chi connectivity index (χ1v) is 9.90. The Balaban J connectivity index is 2.09. The van der Waals surface area contributed by atoms with E-state index in [0.717, 1.165) is 6.20 Å². The van der Waals surface area contributed by atoms with Gasteiger partial charge in [0.05, 0.1) is 18.4 Å². The van der Waals surface area contributed by atoms with Gasteiger partial charge in [0.25, 0.3) is 15.9 Å². The molecule has 1 heterocycles. The van der Waals surface area contributed by atoms with Crippen LogP contribution in [0, 0.1) is 23.3 Å². The van der Waals surface area contributed by atoms with Gasteiger partial charge in [-0.25, -0.2) is 31.5 Å². The zero-order valence-corrected chi connectivity index (χ0v) is 16.2. The van der Waals surface area contributed by atoms with Crippen LogP contribution in [0.1, 0.15) is 15.9 Å². The highest BCUT2D eigenvalue weighted by molar-refractivity contribution is 7.92. The Bertz CT molecular complexity index is 1220. The van der Waals surface area contributed by atoms with E-state index in [-0.39, 0.29) is 17.3 Å². The van der Waals surface area contributed by atoms with Crippen molar-refractivity contribution >= 4 is 21.6 Å². The zero-order valence-electron chi connectivity index (χ0n) is 15.4. The van der Waals surface area contributed by atoms with Crippen LogP contribution in [0.25, 0.3) is 0 Å². The summed E-state index contributed by atoms with van der Waals surface area (Å²) in [6.07, 6.45) is 2.47. The van der Waals surface area contributed by atoms with E-state index >= 15 is 0 Å². The van der Waals surface area contributed by atoms with E-state index in [2.05, 4.69) is 4.98 Å². The van der Waals surface area contributed by atoms with E-state index in [1.165, 1.54) is 48.1 Å². The van der Waals surface area contributed by atoms with Gasteiger partial charge in [-0.3, -0.25) is 19.3 Å². The largest absolute Gasteiger partial charge is 0.288 e. The maximum absolute atomic E-state index is 14.3. The predicted octanol–water partition coefficient (Wildman–Crippen LogP) is 3.15. The minimum Gasteiger partial charge on any atom is -0.288 e. The Morgan fingerprint density at radius 1 is 1.03 bits per heavy atom. The van der Waals surface area contributed by atoms with Crippen LogP contribution in [0.4, 0.5) is 23.2 Å². The monoisotopic (exact) mass is 455 g/mol. The number of nitrogens with one attached hydrogen (secondary N) is 1. The quantitative estimate of drug-likeness (QED) is 0.196. The molecule has 0 saturated heterocycles. The molecule has 0 fully saturated rings. The van der Waals surface area contributed by atoms with Crippen molar-refractivity contribution in [1.29, 1.82) is 0 Å². The molecule has 31 heavy (non-hydrogen) atoms. The number of carbonyl (C=O) groups excluding carboxylic acids is 1. The van der Waals surface area contributed by atoms with Crippen LogP contribution in [-0.2, 0) is 16.6 Å². The summed E-state index contributed by atoms with van der Waals surface area (Å²) >= 11 is 0. The van der Waals surface area contributed by atoms with E-state index in [4.69, 9.17) is 5.21 Å². The van der Waals surface area contributed by atoms with Gasteiger partial charge in [-0.15, -0.1) is 0 Å². The van der Waals surface area contributed by atoms with Crippen LogP contribution in [-0.4, -0.2) is 24.5 Å². The highest BCUT2D eigenvalue weighted by Gasteiger charge is 2.32. The summed E-state index contributed by atoms with van der Waals surface area (Å²) in [7, 11) is -4.92. The molecule has 0 aliphatic carbocycles. The molecule has 3 aromatic rings. The molecule has 1 amide bonds. The second-order valence-corrected chi connectivity index (χ2v) is 7.99. The molecule has 0 atom stereocenters. The Morgan fingerprint density at radius 2 is 1.71 bits per heavy atom. The van der Waals surface area contributed by atoms with Crippen LogP contribution in [0.3, 0.4) is 0 Å². The summed E-state index contributed by atoms with van der Waals surface area (Å²) in [6.45, 7) is -0.449. The average Bonchev–Trinajstić information content (AvgIpc) is 2.78. The second kappa shape index (κ2) is 8.70. The van der Waals surface area contributed by atoms with Crippen molar-refractivity contribution in [2.24, 2.45) is 0 Å². The molecule has 0 bridgehead atoms. The number of aromatic nitrogens is 1. The third-order valence-corrected chi connectivity index (χ3v) is 5.99. The third kappa shape index (κ3) is 4.34. The van der Waals surface area contributed by atoms with Gasteiger partial charge in [-0.05, 0) is 29.8 Å². The number of amides is 1. The fraction of sp³-hybridized carbons (Fsp3) is 0.0526. The van der Waals surface area contributed by atoms with Crippen molar-refractivity contribution in [3.63, 3.8) is 0 Å². The number of benzene rings is 2. The van der Waals surface area contributed by atoms with Crippen LogP contribution in [0.15, 0.2) is 59.8 Å². The Labute approximate surface area is 173 Å². The number of sulfonamides is 1. The number of anilines is 1. The van der Waals surface area contributed by atoms with Gasteiger partial charge in [0.1, 0.15) is 4.90 Å². The first-order valence-electron chi connectivity index (χ1n) is 8.46. The molecule has 0 radical (unpaired) electrons. The summed E-state index contributed by atoms with van der Waals surface area (Å²) in [5.74, 6) is -9.14. The molecule has 7 nitrogen and oxygen atoms in total. The predicted molar refractivity (Wildman–Crippen MR) is 99.6 cm³/mol. The lowest BCUT2D eigenvalue weighted by Gasteiger charge is -2.24. The van der Waals surface area contributed by atoms with Gasteiger partial charge in [0.2, 0.25) is 0 Å². The van der Waals surface area contributed by atoms with Crippen LogP contribution in [0.2, 0.25) is 0 Å². The number of hydrogen-bond acceptors (Lipinski definition) is 5. The first-order chi connectivity index (χ1) is 14.7. The molecule has 0 aliphatic heterocycles. The molecule has 1 aromatic heterocycles. The number of nitrogens with zero attached hydrogens (tertiary/aromatic N) is 2. The maximum atomic E-state index is 14.3. The fourth-order valence-corrected chi connectivity index (χ4v) is 4.18. The molecule has 3 rings (SSSR count). The molecule has 12 heteroatoms. The first kappa shape index (κ1) is 22.2. The topological polar surface area (TPSA) is 99.6 Å². The molecule has 162 valence electrons. The van der Waals surface area contributed by atoms with E-state index in [1.54, 1.807) is 0 Å². The number of rotatable bonds is 6. The lowest BCUT2D eigenvalue weighted by molar-refractivity contribution is 0.0706. The summed E-state index contributed by atoms with van der Waals surface area (Å²) in [5, 5.41) is 8.66. The lowest BCUT2D eigenvalue weighted by Crippen LogP contribution is -2.32. The average molecular weight is 455 g/mol. The fourth-order valence-electron chi connectivity index (χ4n) is 2.67. The number of carbonyl (C=O) groups is 1. The Kier molecular flexibility index (Phi) is 6.22. The summed E-state index contributed by atoms with van der Waals surface area (Å²) < 4.78 is 81.7. The van der Waals surface area contributed by atoms with E-state index < -0.39 is 50.6 Å². The van der Waals surface area contributed by atoms with Gasteiger partial charge in [-0.2, -0.15) is 0 Å². The molecule has 0 spiro atoms. The second-order valence-electron chi connectivity index (χ2n) is 6.16. The van der Waals surface area contributed by atoms with E-state index in [9.17, 15) is 30.8 Å². The highest BCUT2D eigenvalue weighted by Crippen LogP contribution is 2.29. The van der Waals surface area contributed by atoms with Gasteiger partial charge in [-0.1, -0.05) is 12.1 Å². The van der Waals surface area contributed by atoms with Crippen molar-refractivity contribution in [2.45, 2.75) is 11.4 Å². The van der Waals surface area contributed by atoms with Gasteiger partial charge in [0, 0.05) is 17.8 Å². The van der Waals surface area contributed by atoms with Crippen LogP contribution in [0.5, 0.6) is 0 Å². The van der Waals surface area contributed by atoms with Crippen molar-refractivity contribution in [3.05, 3.63) is 89.3 Å². The SMILES string of the molecule is O=C(NO)c1ccc(CN(c2cccnc2)S(=O)(=O)c2cc(F)c(F)c(F)c2F)cc1. The van der Waals surface area contributed by atoms with E-state index in [0.29, 0.717) is 9.87 Å². The van der Waals surface area contributed by atoms with Gasteiger partial charge in [0.15, 0.2) is 23.3 Å². The number of pyridine rings is 1. The minimum absolute atomic E-state index is 0.0567. The molecule has 2 aromatic carbocycles. The Morgan fingerprint density at radius 3 is 2.29 bits per heavy atom. The number of hydrogen-bond donors (Lipinski definition) is 2. The number of hydroxylamine groups is 1. The van der Waals surface area contributed by atoms with Crippen LogP contribution >= 0.6 is 0 Å². The normalized spacial score (nSPS) is 11.3. The standard InChI is InChI=1S/C19H13F4N3O4S/c20-14-8-15(17(22)18(23)16(14)21)31(29,30)26(13-2-1-7-24-9-13)10-11-3-5-12(6-4-11)19(27)25-28/h1-9,28H,10H2,(H,25,27). The summed E-state index contributed by atoms with van der Waals surface area (Å²) in [4.78, 5) is 13.8. The highest BCUT2D eigenvalue weighted by atomic mass is 32.2. The molecule has 2 N–H and O–H groups in total. The molecule has 0 aliphatic rings. The van der Waals surface area contributed by atoms with E-state index in [1.807, 2.05) is 0 Å². The van der Waals surface area contributed by atoms with Crippen molar-refractivity contribution in [1.82, 2.24) is 10.5 Å². The number of halogens is 4. The third-order valence-electron chi connectivity index (χ3n) is 4.22. The Hall–Kier alpha value is -3.51. The summed E-state index contributed by atoms with van der Waals surface area (Å²) in [5.41, 5.74) is 1.73. The maximum Gasteiger partial charge on any atom is 0.274 e. The van der Waals surface area contributed by atoms with Crippen LogP contribution < -0.4 is 9.79 Å². The van der Waals surface area contributed by atoms with Crippen molar-refractivity contribution in [2.75, 3.05) is 4.31 Å². The molecular weight excluding hydrogens is 442 g/mol. The lowest BCUT2D eigenvalue weighted by atomic mass is 10.1. The molecular formula is C19H13F4N3O4S. The summed E-state index contributed by atoms with van der Waals surface area (Å²) in [6, 6.07) is 8.03. The van der Waals surface area contributed by atoms with Gasteiger partial charge >= 0.3 is 0 Å². The molecule has 0 unspecified atom stereocenters. The minimum atomic E-state index is -4.92. The van der Waals surface area contributed by atoms with Crippen molar-refractivity contribution < 1.29 is 36.0 Å². The van der Waals surface area contributed by atoms with Crippen molar-refractivity contribution in [3.8, 4) is 0 Å². The van der Waals surface area contributed by atoms with Gasteiger partial charge < -0.3 is 0 Å². The molecule has 0 saturated carbocycles.